The van der Waals surface area contributed by atoms with Crippen molar-refractivity contribution in [1.82, 2.24) is 0 Å². The maximum Gasteiger partial charge on any atom is 0.330 e. The van der Waals surface area contributed by atoms with Gasteiger partial charge in [0, 0.05) is 12.5 Å². The SMILES string of the molecule is C=CC(=O)OCCC(SC)C(=O)O. The molecular weight excluding hydrogens is 192 g/mol. The van der Waals surface area contributed by atoms with E-state index in [0.717, 1.165) is 6.08 Å². The van der Waals surface area contributed by atoms with Gasteiger partial charge in [-0.25, -0.2) is 4.79 Å². The maximum atomic E-state index is 10.6. The van der Waals surface area contributed by atoms with Crippen molar-refractivity contribution in [3.8, 4) is 0 Å². The number of carboxylic acids is 1. The Bertz CT molecular complexity index is 202. The Labute approximate surface area is 81.0 Å². The second-order valence-corrected chi connectivity index (χ2v) is 3.26. The molecule has 74 valence electrons. The number of esters is 1. The highest BCUT2D eigenvalue weighted by molar-refractivity contribution is 7.99. The molecule has 0 aliphatic rings. The van der Waals surface area contributed by atoms with Crippen LogP contribution in [0.3, 0.4) is 0 Å². The number of aliphatic carboxylic acids is 1. The zero-order valence-electron chi connectivity index (χ0n) is 7.36. The van der Waals surface area contributed by atoms with Gasteiger partial charge in [0.2, 0.25) is 0 Å². The smallest absolute Gasteiger partial charge is 0.330 e. The summed E-state index contributed by atoms with van der Waals surface area (Å²) in [4.78, 5) is 21.1. The lowest BCUT2D eigenvalue weighted by Crippen LogP contribution is -2.18. The molecule has 0 saturated heterocycles. The first-order chi connectivity index (χ1) is 6.11. The van der Waals surface area contributed by atoms with E-state index in [1.807, 2.05) is 0 Å². The largest absolute Gasteiger partial charge is 0.480 e. The average Bonchev–Trinajstić information content (AvgIpc) is 2.11. The summed E-state index contributed by atoms with van der Waals surface area (Å²) < 4.78 is 4.64. The lowest BCUT2D eigenvalue weighted by Gasteiger charge is -2.08. The van der Waals surface area contributed by atoms with E-state index >= 15 is 0 Å². The molecule has 0 aliphatic carbocycles. The number of carboxylic acid groups (broad SMARTS) is 1. The van der Waals surface area contributed by atoms with Crippen LogP contribution >= 0.6 is 11.8 Å². The molecule has 0 aliphatic heterocycles. The molecule has 0 spiro atoms. The molecular formula is C8H12O4S. The van der Waals surface area contributed by atoms with Crippen molar-refractivity contribution < 1.29 is 19.4 Å². The molecule has 0 heterocycles. The Morgan fingerprint density at radius 3 is 2.69 bits per heavy atom. The van der Waals surface area contributed by atoms with Crippen LogP contribution in [0.2, 0.25) is 0 Å². The van der Waals surface area contributed by atoms with E-state index in [1.165, 1.54) is 11.8 Å². The summed E-state index contributed by atoms with van der Waals surface area (Å²) in [7, 11) is 0. The second kappa shape index (κ2) is 6.54. The summed E-state index contributed by atoms with van der Waals surface area (Å²) in [5.41, 5.74) is 0. The molecule has 1 N–H and O–H groups in total. The van der Waals surface area contributed by atoms with Gasteiger partial charge >= 0.3 is 11.9 Å². The minimum absolute atomic E-state index is 0.114. The van der Waals surface area contributed by atoms with Gasteiger partial charge in [0.05, 0.1) is 6.61 Å². The number of hydrogen-bond acceptors (Lipinski definition) is 4. The van der Waals surface area contributed by atoms with E-state index in [9.17, 15) is 9.59 Å². The molecule has 1 unspecified atom stereocenters. The van der Waals surface area contributed by atoms with Gasteiger partial charge in [-0.2, -0.15) is 11.8 Å². The first-order valence-electron chi connectivity index (χ1n) is 3.66. The topological polar surface area (TPSA) is 63.6 Å². The van der Waals surface area contributed by atoms with Crippen LogP contribution in [0.4, 0.5) is 0 Å². The summed E-state index contributed by atoms with van der Waals surface area (Å²) >= 11 is 1.22. The van der Waals surface area contributed by atoms with Crippen LogP contribution < -0.4 is 0 Å². The quantitative estimate of drug-likeness (QED) is 0.515. The fourth-order valence-electron chi connectivity index (χ4n) is 0.668. The van der Waals surface area contributed by atoms with Gasteiger partial charge in [0.1, 0.15) is 5.25 Å². The first kappa shape index (κ1) is 12.0. The highest BCUT2D eigenvalue weighted by Crippen LogP contribution is 2.10. The Morgan fingerprint density at radius 1 is 1.69 bits per heavy atom. The standard InChI is InChI=1S/C8H12O4S/c1-3-7(9)12-5-4-6(13-2)8(10)11/h3,6H,1,4-5H2,2H3,(H,10,11). The third-order valence-electron chi connectivity index (χ3n) is 1.35. The van der Waals surface area contributed by atoms with Crippen LogP contribution in [0.25, 0.3) is 0 Å². The van der Waals surface area contributed by atoms with Gasteiger partial charge in [-0.15, -0.1) is 0 Å². The third-order valence-corrected chi connectivity index (χ3v) is 2.36. The summed E-state index contributed by atoms with van der Waals surface area (Å²) in [6.45, 7) is 3.33. The van der Waals surface area contributed by atoms with Gasteiger partial charge in [0.15, 0.2) is 0 Å². The second-order valence-electron chi connectivity index (χ2n) is 2.22. The van der Waals surface area contributed by atoms with E-state index in [4.69, 9.17) is 5.11 Å². The Balaban J connectivity index is 3.67. The predicted molar refractivity (Wildman–Crippen MR) is 50.7 cm³/mol. The van der Waals surface area contributed by atoms with Gasteiger partial charge in [-0.05, 0) is 6.26 Å². The maximum absolute atomic E-state index is 10.6. The van der Waals surface area contributed by atoms with Crippen molar-refractivity contribution in [1.29, 1.82) is 0 Å². The predicted octanol–water partition coefficient (Wildman–Crippen LogP) is 0.922. The molecule has 0 radical (unpaired) electrons. The highest BCUT2D eigenvalue weighted by Gasteiger charge is 2.15. The van der Waals surface area contributed by atoms with E-state index in [1.54, 1.807) is 6.26 Å². The lowest BCUT2D eigenvalue weighted by atomic mass is 10.3. The van der Waals surface area contributed by atoms with Crippen molar-refractivity contribution in [2.45, 2.75) is 11.7 Å². The van der Waals surface area contributed by atoms with Gasteiger partial charge < -0.3 is 9.84 Å². The zero-order chi connectivity index (χ0) is 10.3. The molecule has 0 saturated carbocycles. The summed E-state index contributed by atoms with van der Waals surface area (Å²) in [6, 6.07) is 0. The summed E-state index contributed by atoms with van der Waals surface area (Å²) in [5.74, 6) is -1.41. The molecule has 0 aromatic heterocycles. The molecule has 1 atom stereocenters. The molecule has 0 fully saturated rings. The molecule has 5 heteroatoms. The van der Waals surface area contributed by atoms with Gasteiger partial charge in [0.25, 0.3) is 0 Å². The van der Waals surface area contributed by atoms with E-state index < -0.39 is 17.2 Å². The highest BCUT2D eigenvalue weighted by atomic mass is 32.2. The molecule has 0 amide bonds. The van der Waals surface area contributed by atoms with Crippen molar-refractivity contribution >= 4 is 23.7 Å². The van der Waals surface area contributed by atoms with Gasteiger partial charge in [-0.1, -0.05) is 6.58 Å². The Kier molecular flexibility index (Phi) is 6.05. The summed E-state index contributed by atoms with van der Waals surface area (Å²) in [6.07, 6.45) is 3.07. The van der Waals surface area contributed by atoms with Crippen LogP contribution in [-0.4, -0.2) is 35.2 Å². The third kappa shape index (κ3) is 5.30. The molecule has 13 heavy (non-hydrogen) atoms. The van der Waals surface area contributed by atoms with Crippen molar-refractivity contribution in [2.75, 3.05) is 12.9 Å². The van der Waals surface area contributed by atoms with E-state index in [0.29, 0.717) is 6.42 Å². The average molecular weight is 204 g/mol. The van der Waals surface area contributed by atoms with Crippen LogP contribution in [0.1, 0.15) is 6.42 Å². The Morgan fingerprint density at radius 2 is 2.31 bits per heavy atom. The Hall–Kier alpha value is -0.970. The molecule has 0 bridgehead atoms. The number of carbonyl (C=O) groups excluding carboxylic acids is 1. The van der Waals surface area contributed by atoms with Crippen LogP contribution in [-0.2, 0) is 14.3 Å². The normalized spacial score (nSPS) is 11.8. The monoisotopic (exact) mass is 204 g/mol. The number of rotatable bonds is 6. The number of ether oxygens (including phenoxy) is 1. The molecule has 4 nitrogen and oxygen atoms in total. The van der Waals surface area contributed by atoms with Crippen molar-refractivity contribution in [3.63, 3.8) is 0 Å². The summed E-state index contributed by atoms with van der Waals surface area (Å²) in [5, 5.41) is 8.10. The van der Waals surface area contributed by atoms with Crippen LogP contribution in [0, 0.1) is 0 Å². The first-order valence-corrected chi connectivity index (χ1v) is 4.95. The van der Waals surface area contributed by atoms with Crippen molar-refractivity contribution in [2.24, 2.45) is 0 Å². The fraction of sp³-hybridized carbons (Fsp3) is 0.500. The molecule has 0 aromatic carbocycles. The fourth-order valence-corrected chi connectivity index (χ4v) is 1.20. The number of thioether (sulfide) groups is 1. The zero-order valence-corrected chi connectivity index (χ0v) is 8.17. The number of hydrogen-bond donors (Lipinski definition) is 1. The van der Waals surface area contributed by atoms with Crippen LogP contribution in [0.5, 0.6) is 0 Å². The van der Waals surface area contributed by atoms with E-state index in [2.05, 4.69) is 11.3 Å². The lowest BCUT2D eigenvalue weighted by molar-refractivity contribution is -0.140. The minimum atomic E-state index is -0.887. The number of carbonyl (C=O) groups is 2. The minimum Gasteiger partial charge on any atom is -0.480 e. The molecule has 0 rings (SSSR count). The van der Waals surface area contributed by atoms with Crippen LogP contribution in [0.15, 0.2) is 12.7 Å². The molecule has 0 aromatic rings. The van der Waals surface area contributed by atoms with E-state index in [-0.39, 0.29) is 6.61 Å². The van der Waals surface area contributed by atoms with Gasteiger partial charge in [-0.3, -0.25) is 4.79 Å². The van der Waals surface area contributed by atoms with Crippen molar-refractivity contribution in [3.05, 3.63) is 12.7 Å².